The second-order valence-corrected chi connectivity index (χ2v) is 3.56. The molecule has 2 aromatic rings. The van der Waals surface area contributed by atoms with Gasteiger partial charge in [0.1, 0.15) is 11.5 Å². The molecule has 0 aliphatic rings. The summed E-state index contributed by atoms with van der Waals surface area (Å²) in [6.45, 7) is 0. The Morgan fingerprint density at radius 2 is 1.80 bits per heavy atom. The number of benzene rings is 1. The highest BCUT2D eigenvalue weighted by molar-refractivity contribution is 6.35. The molecular formula is C10H5Cl2FN2. The molecule has 0 saturated heterocycles. The van der Waals surface area contributed by atoms with Gasteiger partial charge in [0.05, 0.1) is 10.6 Å². The Morgan fingerprint density at radius 3 is 2.47 bits per heavy atom. The van der Waals surface area contributed by atoms with Crippen LogP contribution >= 0.6 is 23.2 Å². The molecule has 0 fully saturated rings. The molecule has 0 atom stereocenters. The average Bonchev–Trinajstić information content (AvgIpc) is 2.20. The molecule has 1 aromatic heterocycles. The largest absolute Gasteiger partial charge is 0.251 e. The van der Waals surface area contributed by atoms with Crippen molar-refractivity contribution in [2.24, 2.45) is 0 Å². The van der Waals surface area contributed by atoms with E-state index in [-0.39, 0.29) is 21.4 Å². The van der Waals surface area contributed by atoms with Crippen LogP contribution in [0.25, 0.3) is 11.3 Å². The first-order chi connectivity index (χ1) is 7.20. The van der Waals surface area contributed by atoms with Crippen molar-refractivity contribution in [3.63, 3.8) is 0 Å². The van der Waals surface area contributed by atoms with Crippen molar-refractivity contribution in [2.45, 2.75) is 0 Å². The minimum atomic E-state index is -0.468. The lowest BCUT2D eigenvalue weighted by Crippen LogP contribution is -1.91. The normalized spacial score (nSPS) is 10.3. The van der Waals surface area contributed by atoms with Crippen molar-refractivity contribution in [3.05, 3.63) is 46.6 Å². The average molecular weight is 243 g/mol. The maximum atomic E-state index is 13.5. The minimum Gasteiger partial charge on any atom is -0.251 e. The fourth-order valence-electron chi connectivity index (χ4n) is 1.21. The van der Waals surface area contributed by atoms with Crippen molar-refractivity contribution in [3.8, 4) is 11.3 Å². The first-order valence-electron chi connectivity index (χ1n) is 4.11. The van der Waals surface area contributed by atoms with E-state index in [1.807, 2.05) is 0 Å². The van der Waals surface area contributed by atoms with Crippen molar-refractivity contribution >= 4 is 23.2 Å². The molecular weight excluding hydrogens is 238 g/mol. The molecule has 2 nitrogen and oxygen atoms in total. The van der Waals surface area contributed by atoms with Gasteiger partial charge in [-0.15, -0.1) is 0 Å². The maximum Gasteiger partial charge on any atom is 0.155 e. The van der Waals surface area contributed by atoms with Gasteiger partial charge in [-0.05, 0) is 12.1 Å². The third-order valence-electron chi connectivity index (χ3n) is 1.85. The molecule has 0 aliphatic carbocycles. The van der Waals surface area contributed by atoms with Gasteiger partial charge in [-0.2, -0.15) is 0 Å². The van der Waals surface area contributed by atoms with Crippen LogP contribution in [-0.4, -0.2) is 9.97 Å². The van der Waals surface area contributed by atoms with E-state index in [1.54, 1.807) is 6.07 Å². The van der Waals surface area contributed by atoms with E-state index in [4.69, 9.17) is 23.2 Å². The first-order valence-corrected chi connectivity index (χ1v) is 4.86. The number of aromatic nitrogens is 2. The Morgan fingerprint density at radius 1 is 1.07 bits per heavy atom. The first kappa shape index (κ1) is 10.3. The highest BCUT2D eigenvalue weighted by Gasteiger charge is 2.14. The molecule has 5 heteroatoms. The van der Waals surface area contributed by atoms with Gasteiger partial charge < -0.3 is 0 Å². The van der Waals surface area contributed by atoms with E-state index < -0.39 is 5.82 Å². The summed E-state index contributed by atoms with van der Waals surface area (Å²) in [6, 6.07) is 4.39. The molecule has 0 bridgehead atoms. The molecule has 15 heavy (non-hydrogen) atoms. The van der Waals surface area contributed by atoms with Crippen molar-refractivity contribution in [1.82, 2.24) is 9.97 Å². The van der Waals surface area contributed by atoms with E-state index in [1.165, 1.54) is 24.5 Å². The smallest absolute Gasteiger partial charge is 0.155 e. The van der Waals surface area contributed by atoms with Gasteiger partial charge in [-0.3, -0.25) is 4.98 Å². The van der Waals surface area contributed by atoms with Crippen LogP contribution in [0.3, 0.4) is 0 Å². The third-order valence-corrected chi connectivity index (χ3v) is 2.44. The lowest BCUT2D eigenvalue weighted by atomic mass is 10.1. The molecule has 0 N–H and O–H groups in total. The summed E-state index contributed by atoms with van der Waals surface area (Å²) in [5.74, 6) is -0.468. The highest BCUT2D eigenvalue weighted by atomic mass is 35.5. The van der Waals surface area contributed by atoms with Crippen LogP contribution < -0.4 is 0 Å². The van der Waals surface area contributed by atoms with Crippen molar-refractivity contribution in [1.29, 1.82) is 0 Å². The van der Waals surface area contributed by atoms with Gasteiger partial charge in [-0.25, -0.2) is 9.37 Å². The Hall–Kier alpha value is -1.19. The Labute approximate surface area is 95.7 Å². The quantitative estimate of drug-likeness (QED) is 0.764. The molecule has 0 aliphatic heterocycles. The van der Waals surface area contributed by atoms with Gasteiger partial charge >= 0.3 is 0 Å². The zero-order valence-corrected chi connectivity index (χ0v) is 8.93. The summed E-state index contributed by atoms with van der Waals surface area (Å²) in [4.78, 5) is 7.77. The SMILES string of the molecule is Fc1cccc(Cl)c1-c1nccnc1Cl. The van der Waals surface area contributed by atoms with Crippen LogP contribution in [0, 0.1) is 5.82 Å². The lowest BCUT2D eigenvalue weighted by Gasteiger charge is -2.05. The van der Waals surface area contributed by atoms with E-state index in [0.29, 0.717) is 0 Å². The zero-order chi connectivity index (χ0) is 10.8. The standard InChI is InChI=1S/C10H5Cl2FN2/c11-6-2-1-3-7(13)8(6)9-10(12)15-5-4-14-9/h1-5H. The Balaban J connectivity index is 2.69. The highest BCUT2D eigenvalue weighted by Crippen LogP contribution is 2.32. The van der Waals surface area contributed by atoms with Crippen LogP contribution in [0.4, 0.5) is 4.39 Å². The molecule has 0 radical (unpaired) electrons. The van der Waals surface area contributed by atoms with Gasteiger partial charge in [0.25, 0.3) is 0 Å². The molecule has 1 aromatic carbocycles. The fraction of sp³-hybridized carbons (Fsp3) is 0. The summed E-state index contributed by atoms with van der Waals surface area (Å²) in [5.41, 5.74) is 0.430. The Kier molecular flexibility index (Phi) is 2.84. The minimum absolute atomic E-state index is 0.129. The monoisotopic (exact) mass is 242 g/mol. The predicted molar refractivity (Wildman–Crippen MR) is 57.4 cm³/mol. The second-order valence-electron chi connectivity index (χ2n) is 2.79. The van der Waals surface area contributed by atoms with Gasteiger partial charge in [0.2, 0.25) is 0 Å². The molecule has 0 saturated carbocycles. The zero-order valence-electron chi connectivity index (χ0n) is 7.42. The number of rotatable bonds is 1. The summed E-state index contributed by atoms with van der Waals surface area (Å²) in [6.07, 6.45) is 2.87. The number of hydrogen-bond donors (Lipinski definition) is 0. The summed E-state index contributed by atoms with van der Waals surface area (Å²) >= 11 is 11.7. The van der Waals surface area contributed by atoms with Crippen LogP contribution in [-0.2, 0) is 0 Å². The summed E-state index contributed by atoms with van der Waals surface area (Å²) in [7, 11) is 0. The fourth-order valence-corrected chi connectivity index (χ4v) is 1.66. The van der Waals surface area contributed by atoms with Crippen LogP contribution in [0.2, 0.25) is 10.2 Å². The van der Waals surface area contributed by atoms with Gasteiger partial charge in [0.15, 0.2) is 5.15 Å². The van der Waals surface area contributed by atoms with Gasteiger partial charge in [-0.1, -0.05) is 29.3 Å². The van der Waals surface area contributed by atoms with Crippen molar-refractivity contribution < 1.29 is 4.39 Å². The topological polar surface area (TPSA) is 25.8 Å². The van der Waals surface area contributed by atoms with Crippen LogP contribution in [0.5, 0.6) is 0 Å². The molecule has 0 unspecified atom stereocenters. The van der Waals surface area contributed by atoms with E-state index in [0.717, 1.165) is 0 Å². The molecule has 0 amide bonds. The van der Waals surface area contributed by atoms with E-state index in [9.17, 15) is 4.39 Å². The predicted octanol–water partition coefficient (Wildman–Crippen LogP) is 3.59. The maximum absolute atomic E-state index is 13.5. The Bertz CT molecular complexity index is 482. The molecule has 2 rings (SSSR count). The van der Waals surface area contributed by atoms with Crippen LogP contribution in [0.15, 0.2) is 30.6 Å². The van der Waals surface area contributed by atoms with E-state index in [2.05, 4.69) is 9.97 Å². The van der Waals surface area contributed by atoms with Gasteiger partial charge in [0, 0.05) is 12.4 Å². The summed E-state index contributed by atoms with van der Waals surface area (Å²) < 4.78 is 13.5. The molecule has 1 heterocycles. The van der Waals surface area contributed by atoms with E-state index >= 15 is 0 Å². The number of halogens is 3. The van der Waals surface area contributed by atoms with Crippen molar-refractivity contribution in [2.75, 3.05) is 0 Å². The molecule has 76 valence electrons. The van der Waals surface area contributed by atoms with Crippen LogP contribution in [0.1, 0.15) is 0 Å². The number of hydrogen-bond acceptors (Lipinski definition) is 2. The summed E-state index contributed by atoms with van der Waals surface area (Å²) in [5, 5.41) is 0.391. The second kappa shape index (κ2) is 4.13. The number of nitrogens with zero attached hydrogens (tertiary/aromatic N) is 2. The molecule has 0 spiro atoms. The lowest BCUT2D eigenvalue weighted by molar-refractivity contribution is 0.630. The third kappa shape index (κ3) is 1.94.